The van der Waals surface area contributed by atoms with E-state index in [-0.39, 0.29) is 17.4 Å². The van der Waals surface area contributed by atoms with Gasteiger partial charge in [0.15, 0.2) is 0 Å². The summed E-state index contributed by atoms with van der Waals surface area (Å²) < 4.78 is 6.24. The molecule has 0 aliphatic carbocycles. The Morgan fingerprint density at radius 3 is 2.55 bits per heavy atom. The predicted octanol–water partition coefficient (Wildman–Crippen LogP) is 4.11. The minimum Gasteiger partial charge on any atom is -0.345 e. The van der Waals surface area contributed by atoms with Crippen LogP contribution < -0.4 is 5.32 Å². The zero-order valence-corrected chi connectivity index (χ0v) is 14.8. The number of carbonyl (C=O) groups excluding carboxylic acids is 1. The SMILES string of the molecule is C[C@H](NC(=O)CC(C)(C)C)c1nc(-c2ccc(Br)cc2)no1. The number of amides is 1. The van der Waals surface area contributed by atoms with E-state index in [0.29, 0.717) is 18.1 Å². The summed E-state index contributed by atoms with van der Waals surface area (Å²) in [5, 5.41) is 6.85. The highest BCUT2D eigenvalue weighted by molar-refractivity contribution is 9.10. The molecule has 1 N–H and O–H groups in total. The number of nitrogens with zero attached hydrogens (tertiary/aromatic N) is 2. The van der Waals surface area contributed by atoms with Crippen LogP contribution in [0.25, 0.3) is 11.4 Å². The van der Waals surface area contributed by atoms with Gasteiger partial charge < -0.3 is 9.84 Å². The maximum absolute atomic E-state index is 12.0. The number of rotatable bonds is 4. The Morgan fingerprint density at radius 1 is 1.32 bits per heavy atom. The van der Waals surface area contributed by atoms with Gasteiger partial charge in [-0.2, -0.15) is 4.98 Å². The Bertz CT molecular complexity index is 644. The second-order valence-corrected chi connectivity index (χ2v) is 7.41. The number of benzene rings is 1. The van der Waals surface area contributed by atoms with Crippen LogP contribution in [0.4, 0.5) is 0 Å². The van der Waals surface area contributed by atoms with E-state index in [1.54, 1.807) is 0 Å². The number of nitrogens with one attached hydrogen (secondary N) is 1. The van der Waals surface area contributed by atoms with Crippen LogP contribution in [0, 0.1) is 5.41 Å². The highest BCUT2D eigenvalue weighted by Crippen LogP contribution is 2.22. The second-order valence-electron chi connectivity index (χ2n) is 6.49. The molecule has 1 heterocycles. The Kier molecular flexibility index (Phi) is 5.01. The minimum absolute atomic E-state index is 0.0246. The molecule has 0 aliphatic rings. The standard InChI is InChI=1S/C16H20BrN3O2/c1-10(18-13(21)9-16(2,3)4)15-19-14(20-22-15)11-5-7-12(17)8-6-11/h5-8,10H,9H2,1-4H3,(H,18,21)/t10-/m0/s1. The number of hydrogen-bond donors (Lipinski definition) is 1. The van der Waals surface area contributed by atoms with Gasteiger partial charge in [-0.15, -0.1) is 0 Å². The molecule has 0 radical (unpaired) electrons. The minimum atomic E-state index is -0.313. The average Bonchev–Trinajstić information content (AvgIpc) is 2.86. The van der Waals surface area contributed by atoms with Crippen LogP contribution in [0.3, 0.4) is 0 Å². The fourth-order valence-corrected chi connectivity index (χ4v) is 2.23. The first kappa shape index (κ1) is 16.7. The van der Waals surface area contributed by atoms with E-state index < -0.39 is 0 Å². The van der Waals surface area contributed by atoms with Gasteiger partial charge >= 0.3 is 0 Å². The van der Waals surface area contributed by atoms with Crippen molar-refractivity contribution in [1.82, 2.24) is 15.5 Å². The summed E-state index contributed by atoms with van der Waals surface area (Å²) in [6, 6.07) is 7.33. The zero-order valence-electron chi connectivity index (χ0n) is 13.2. The summed E-state index contributed by atoms with van der Waals surface area (Å²) in [4.78, 5) is 16.3. The van der Waals surface area contributed by atoms with Gasteiger partial charge in [-0.05, 0) is 36.6 Å². The molecule has 0 saturated carbocycles. The number of hydrogen-bond acceptors (Lipinski definition) is 4. The summed E-state index contributed by atoms with van der Waals surface area (Å²) >= 11 is 3.39. The van der Waals surface area contributed by atoms with Gasteiger partial charge in [0.25, 0.3) is 0 Å². The Labute approximate surface area is 138 Å². The van der Waals surface area contributed by atoms with E-state index >= 15 is 0 Å². The van der Waals surface area contributed by atoms with E-state index in [2.05, 4.69) is 31.4 Å². The van der Waals surface area contributed by atoms with Gasteiger partial charge in [0.1, 0.15) is 6.04 Å². The lowest BCUT2D eigenvalue weighted by Gasteiger charge is -2.18. The van der Waals surface area contributed by atoms with Gasteiger partial charge in [-0.3, -0.25) is 4.79 Å². The Hall–Kier alpha value is -1.69. The molecule has 0 saturated heterocycles. The third-order valence-electron chi connectivity index (χ3n) is 2.98. The molecule has 6 heteroatoms. The largest absolute Gasteiger partial charge is 0.345 e. The molecule has 1 aromatic heterocycles. The third-order valence-corrected chi connectivity index (χ3v) is 3.51. The first-order chi connectivity index (χ1) is 10.2. The topological polar surface area (TPSA) is 68.0 Å². The molecule has 2 rings (SSSR count). The summed E-state index contributed by atoms with van der Waals surface area (Å²) in [7, 11) is 0. The molecular weight excluding hydrogens is 346 g/mol. The summed E-state index contributed by atoms with van der Waals surface area (Å²) in [6.07, 6.45) is 0.449. The van der Waals surface area contributed by atoms with E-state index in [4.69, 9.17) is 4.52 Å². The van der Waals surface area contributed by atoms with Crippen molar-refractivity contribution in [3.8, 4) is 11.4 Å². The van der Waals surface area contributed by atoms with Gasteiger partial charge in [-0.25, -0.2) is 0 Å². The van der Waals surface area contributed by atoms with Crippen LogP contribution in [0.2, 0.25) is 0 Å². The first-order valence-corrected chi connectivity index (χ1v) is 7.93. The molecule has 1 amide bonds. The van der Waals surface area contributed by atoms with Crippen LogP contribution in [-0.4, -0.2) is 16.0 Å². The highest BCUT2D eigenvalue weighted by atomic mass is 79.9. The summed E-state index contributed by atoms with van der Waals surface area (Å²) in [5.41, 5.74) is 0.813. The van der Waals surface area contributed by atoms with Crippen molar-refractivity contribution in [2.75, 3.05) is 0 Å². The lowest BCUT2D eigenvalue weighted by atomic mass is 9.92. The van der Waals surface area contributed by atoms with Crippen molar-refractivity contribution in [2.24, 2.45) is 5.41 Å². The molecule has 2 aromatic rings. The molecule has 0 fully saturated rings. The first-order valence-electron chi connectivity index (χ1n) is 7.13. The molecule has 0 spiro atoms. The van der Waals surface area contributed by atoms with Crippen molar-refractivity contribution < 1.29 is 9.32 Å². The smallest absolute Gasteiger partial charge is 0.249 e. The predicted molar refractivity (Wildman–Crippen MR) is 88.1 cm³/mol. The molecule has 1 aromatic carbocycles. The molecule has 0 bridgehead atoms. The molecule has 0 aliphatic heterocycles. The van der Waals surface area contributed by atoms with Gasteiger partial charge in [0.05, 0.1) is 0 Å². The van der Waals surface area contributed by atoms with Gasteiger partial charge in [0.2, 0.25) is 17.6 Å². The van der Waals surface area contributed by atoms with Crippen molar-refractivity contribution >= 4 is 21.8 Å². The average molecular weight is 366 g/mol. The third kappa shape index (κ3) is 4.66. The van der Waals surface area contributed by atoms with Crippen LogP contribution in [0.15, 0.2) is 33.3 Å². The van der Waals surface area contributed by atoms with Crippen molar-refractivity contribution in [3.05, 3.63) is 34.6 Å². The molecule has 22 heavy (non-hydrogen) atoms. The van der Waals surface area contributed by atoms with E-state index in [0.717, 1.165) is 10.0 Å². The van der Waals surface area contributed by atoms with Crippen molar-refractivity contribution in [1.29, 1.82) is 0 Å². The summed E-state index contributed by atoms with van der Waals surface area (Å²) in [6.45, 7) is 7.90. The fraction of sp³-hybridized carbons (Fsp3) is 0.438. The molecule has 118 valence electrons. The lowest BCUT2D eigenvalue weighted by molar-refractivity contribution is -0.123. The lowest BCUT2D eigenvalue weighted by Crippen LogP contribution is -2.30. The second kappa shape index (κ2) is 6.60. The van der Waals surface area contributed by atoms with Gasteiger partial charge in [0, 0.05) is 16.5 Å². The maximum Gasteiger partial charge on any atom is 0.249 e. The van der Waals surface area contributed by atoms with Gasteiger partial charge in [-0.1, -0.05) is 41.9 Å². The molecular formula is C16H20BrN3O2. The normalized spacial score (nSPS) is 13.0. The number of halogens is 1. The monoisotopic (exact) mass is 365 g/mol. The molecule has 0 unspecified atom stereocenters. The van der Waals surface area contributed by atoms with Crippen LogP contribution >= 0.6 is 15.9 Å². The number of carbonyl (C=O) groups is 1. The van der Waals surface area contributed by atoms with Crippen molar-refractivity contribution in [3.63, 3.8) is 0 Å². The maximum atomic E-state index is 12.0. The van der Waals surface area contributed by atoms with Crippen LogP contribution in [-0.2, 0) is 4.79 Å². The summed E-state index contributed by atoms with van der Waals surface area (Å²) in [5.74, 6) is 0.892. The fourth-order valence-electron chi connectivity index (χ4n) is 1.96. The zero-order chi connectivity index (χ0) is 16.3. The van der Waals surface area contributed by atoms with Crippen LogP contribution in [0.1, 0.15) is 46.0 Å². The van der Waals surface area contributed by atoms with E-state index in [1.165, 1.54) is 0 Å². The molecule has 1 atom stereocenters. The quantitative estimate of drug-likeness (QED) is 0.884. The Morgan fingerprint density at radius 2 is 1.95 bits per heavy atom. The Balaban J connectivity index is 2.04. The van der Waals surface area contributed by atoms with Crippen molar-refractivity contribution in [2.45, 2.75) is 40.2 Å². The molecule has 5 nitrogen and oxygen atoms in total. The van der Waals surface area contributed by atoms with E-state index in [1.807, 2.05) is 52.0 Å². The van der Waals surface area contributed by atoms with E-state index in [9.17, 15) is 4.79 Å². The number of aromatic nitrogens is 2. The highest BCUT2D eigenvalue weighted by Gasteiger charge is 2.21. The van der Waals surface area contributed by atoms with Crippen LogP contribution in [0.5, 0.6) is 0 Å².